The van der Waals surface area contributed by atoms with Crippen molar-refractivity contribution >= 4 is 6.09 Å². The summed E-state index contributed by atoms with van der Waals surface area (Å²) >= 11 is 0. The molecule has 16 heavy (non-hydrogen) atoms. The van der Waals surface area contributed by atoms with Gasteiger partial charge in [0.05, 0.1) is 0 Å². The molecule has 0 aliphatic heterocycles. The van der Waals surface area contributed by atoms with Crippen molar-refractivity contribution in [3.63, 3.8) is 0 Å². The number of aryl methyl sites for hydroxylation is 1. The maximum atomic E-state index is 11.3. The van der Waals surface area contributed by atoms with Gasteiger partial charge in [-0.15, -0.1) is 0 Å². The molecule has 0 saturated heterocycles. The van der Waals surface area contributed by atoms with Crippen molar-refractivity contribution in [2.24, 2.45) is 0 Å². The number of rotatable bonds is 5. The van der Waals surface area contributed by atoms with Crippen molar-refractivity contribution in [1.82, 2.24) is 5.32 Å². The first-order valence-corrected chi connectivity index (χ1v) is 5.42. The van der Waals surface area contributed by atoms with Crippen molar-refractivity contribution in [2.75, 3.05) is 13.2 Å². The van der Waals surface area contributed by atoms with E-state index in [2.05, 4.69) is 5.32 Å². The topological polar surface area (TPSA) is 58.6 Å². The molecule has 88 valence electrons. The second-order valence-electron chi connectivity index (χ2n) is 3.35. The van der Waals surface area contributed by atoms with E-state index >= 15 is 0 Å². The number of hydrogen-bond donors (Lipinski definition) is 2. The molecule has 0 bridgehead atoms. The minimum atomic E-state index is -0.477. The number of hydrogen-bond acceptors (Lipinski definition) is 3. The molecule has 0 atom stereocenters. The largest absolute Gasteiger partial charge is 0.412 e. The van der Waals surface area contributed by atoms with Crippen LogP contribution in [-0.2, 0) is 6.42 Å². The van der Waals surface area contributed by atoms with Crippen LogP contribution in [0.2, 0.25) is 0 Å². The van der Waals surface area contributed by atoms with Crippen molar-refractivity contribution < 1.29 is 14.6 Å². The molecule has 0 aliphatic carbocycles. The molecular formula is C12H17NO3. The molecule has 0 radical (unpaired) electrons. The van der Waals surface area contributed by atoms with Crippen LogP contribution in [0.1, 0.15) is 18.9 Å². The summed E-state index contributed by atoms with van der Waals surface area (Å²) in [5.41, 5.74) is 1.000. The number of benzene rings is 1. The Labute approximate surface area is 95.2 Å². The van der Waals surface area contributed by atoms with Crippen LogP contribution in [0, 0.1) is 0 Å². The van der Waals surface area contributed by atoms with Gasteiger partial charge in [0, 0.05) is 13.2 Å². The molecule has 0 aliphatic rings. The van der Waals surface area contributed by atoms with Gasteiger partial charge in [-0.1, -0.05) is 25.1 Å². The number of amides is 1. The minimum absolute atomic E-state index is 0.0613. The predicted molar refractivity (Wildman–Crippen MR) is 61.5 cm³/mol. The highest BCUT2D eigenvalue weighted by Crippen LogP contribution is 2.18. The van der Waals surface area contributed by atoms with Crippen molar-refractivity contribution in [1.29, 1.82) is 0 Å². The summed E-state index contributed by atoms with van der Waals surface area (Å²) in [6.07, 6.45) is 0.874. The Morgan fingerprint density at radius 1 is 1.44 bits per heavy atom. The van der Waals surface area contributed by atoms with Crippen LogP contribution < -0.4 is 10.1 Å². The summed E-state index contributed by atoms with van der Waals surface area (Å²) in [5.74, 6) is 0.589. The van der Waals surface area contributed by atoms with E-state index in [1.165, 1.54) is 0 Å². The van der Waals surface area contributed by atoms with E-state index in [1.807, 2.05) is 25.1 Å². The highest BCUT2D eigenvalue weighted by Gasteiger charge is 2.06. The van der Waals surface area contributed by atoms with E-state index in [4.69, 9.17) is 9.84 Å². The smallest absolute Gasteiger partial charge is 0.410 e. The van der Waals surface area contributed by atoms with E-state index in [-0.39, 0.29) is 6.61 Å². The lowest BCUT2D eigenvalue weighted by molar-refractivity contribution is 0.198. The maximum Gasteiger partial charge on any atom is 0.412 e. The first-order valence-electron chi connectivity index (χ1n) is 5.42. The van der Waals surface area contributed by atoms with Crippen LogP contribution in [0.3, 0.4) is 0 Å². The van der Waals surface area contributed by atoms with Gasteiger partial charge in [-0.05, 0) is 24.5 Å². The molecule has 4 nitrogen and oxygen atoms in total. The number of nitrogens with one attached hydrogen (secondary N) is 1. The number of aliphatic hydroxyl groups excluding tert-OH is 1. The lowest BCUT2D eigenvalue weighted by Crippen LogP contribution is -2.28. The van der Waals surface area contributed by atoms with Crippen LogP contribution in [0.5, 0.6) is 5.75 Å². The third kappa shape index (κ3) is 3.90. The zero-order valence-electron chi connectivity index (χ0n) is 9.40. The second-order valence-corrected chi connectivity index (χ2v) is 3.35. The fourth-order valence-electron chi connectivity index (χ4n) is 1.30. The summed E-state index contributed by atoms with van der Waals surface area (Å²) in [4.78, 5) is 11.3. The Morgan fingerprint density at radius 3 is 2.88 bits per heavy atom. The molecule has 1 rings (SSSR count). The van der Waals surface area contributed by atoms with Crippen molar-refractivity contribution in [3.8, 4) is 5.75 Å². The number of carbonyl (C=O) groups excluding carboxylic acids is 1. The lowest BCUT2D eigenvalue weighted by atomic mass is 10.1. The van der Waals surface area contributed by atoms with E-state index in [0.717, 1.165) is 12.0 Å². The van der Waals surface area contributed by atoms with Crippen LogP contribution in [-0.4, -0.2) is 24.4 Å². The van der Waals surface area contributed by atoms with Crippen LogP contribution in [0.25, 0.3) is 0 Å². The van der Waals surface area contributed by atoms with Gasteiger partial charge in [0.25, 0.3) is 0 Å². The standard InChI is InChI=1S/C12H17NO3/c1-2-10-6-3-4-7-11(10)16-12(15)13-8-5-9-14/h3-4,6-7,14H,2,5,8-9H2,1H3,(H,13,15). The molecule has 1 aromatic carbocycles. The fraction of sp³-hybridized carbons (Fsp3) is 0.417. The Bertz CT molecular complexity index is 339. The van der Waals surface area contributed by atoms with Gasteiger partial charge < -0.3 is 15.2 Å². The third-order valence-corrected chi connectivity index (χ3v) is 2.16. The normalized spacial score (nSPS) is 9.88. The maximum absolute atomic E-state index is 11.3. The van der Waals surface area contributed by atoms with Crippen LogP contribution in [0.15, 0.2) is 24.3 Å². The van der Waals surface area contributed by atoms with Gasteiger partial charge in [-0.2, -0.15) is 0 Å². The Morgan fingerprint density at radius 2 is 2.19 bits per heavy atom. The van der Waals surface area contributed by atoms with Gasteiger partial charge in [0.15, 0.2) is 0 Å². The van der Waals surface area contributed by atoms with Gasteiger partial charge in [-0.25, -0.2) is 4.79 Å². The Hall–Kier alpha value is -1.55. The molecule has 0 fully saturated rings. The zero-order chi connectivity index (χ0) is 11.8. The quantitative estimate of drug-likeness (QED) is 0.747. The predicted octanol–water partition coefficient (Wildman–Crippen LogP) is 1.72. The van der Waals surface area contributed by atoms with Gasteiger partial charge in [0.2, 0.25) is 0 Å². The van der Waals surface area contributed by atoms with Gasteiger partial charge in [-0.3, -0.25) is 0 Å². The molecule has 2 N–H and O–H groups in total. The molecule has 0 saturated carbocycles. The Kier molecular flexibility index (Phi) is 5.36. The molecule has 0 spiro atoms. The van der Waals surface area contributed by atoms with Crippen LogP contribution >= 0.6 is 0 Å². The van der Waals surface area contributed by atoms with Crippen LogP contribution in [0.4, 0.5) is 4.79 Å². The van der Waals surface area contributed by atoms with E-state index in [0.29, 0.717) is 18.7 Å². The summed E-state index contributed by atoms with van der Waals surface area (Å²) in [7, 11) is 0. The fourth-order valence-corrected chi connectivity index (χ4v) is 1.30. The summed E-state index contributed by atoms with van der Waals surface area (Å²) in [6, 6.07) is 7.44. The molecule has 1 aromatic rings. The first kappa shape index (κ1) is 12.5. The highest BCUT2D eigenvalue weighted by molar-refractivity contribution is 5.70. The highest BCUT2D eigenvalue weighted by atomic mass is 16.6. The van der Waals surface area contributed by atoms with Crippen molar-refractivity contribution in [2.45, 2.75) is 19.8 Å². The van der Waals surface area contributed by atoms with E-state index < -0.39 is 6.09 Å². The average Bonchev–Trinajstić information content (AvgIpc) is 2.30. The number of ether oxygens (including phenoxy) is 1. The third-order valence-electron chi connectivity index (χ3n) is 2.16. The van der Waals surface area contributed by atoms with Gasteiger partial charge in [0.1, 0.15) is 5.75 Å². The average molecular weight is 223 g/mol. The lowest BCUT2D eigenvalue weighted by Gasteiger charge is -2.09. The van der Waals surface area contributed by atoms with Crippen molar-refractivity contribution in [3.05, 3.63) is 29.8 Å². The second kappa shape index (κ2) is 6.85. The number of carbonyl (C=O) groups is 1. The molecular weight excluding hydrogens is 206 g/mol. The first-order chi connectivity index (χ1) is 7.77. The van der Waals surface area contributed by atoms with Gasteiger partial charge >= 0.3 is 6.09 Å². The summed E-state index contributed by atoms with van der Waals surface area (Å²) in [6.45, 7) is 2.49. The zero-order valence-corrected chi connectivity index (χ0v) is 9.40. The molecule has 0 aromatic heterocycles. The molecule has 0 unspecified atom stereocenters. The minimum Gasteiger partial charge on any atom is -0.410 e. The molecule has 0 heterocycles. The molecule has 1 amide bonds. The molecule has 4 heteroatoms. The number of para-hydroxylation sites is 1. The summed E-state index contributed by atoms with van der Waals surface area (Å²) in [5, 5.41) is 11.1. The Balaban J connectivity index is 2.49. The monoisotopic (exact) mass is 223 g/mol. The number of aliphatic hydroxyl groups is 1. The van der Waals surface area contributed by atoms with E-state index in [9.17, 15) is 4.79 Å². The summed E-state index contributed by atoms with van der Waals surface area (Å²) < 4.78 is 5.15. The van der Waals surface area contributed by atoms with E-state index in [1.54, 1.807) is 6.07 Å². The SMILES string of the molecule is CCc1ccccc1OC(=O)NCCCO.